The Balaban J connectivity index is 2.49. The van der Waals surface area contributed by atoms with Crippen molar-refractivity contribution in [3.63, 3.8) is 0 Å². The van der Waals surface area contributed by atoms with Crippen LogP contribution in [0, 0.1) is 0 Å². The van der Waals surface area contributed by atoms with Gasteiger partial charge in [-0.1, -0.05) is 6.58 Å². The van der Waals surface area contributed by atoms with E-state index in [1.807, 2.05) is 0 Å². The average molecular weight is 437 g/mol. The van der Waals surface area contributed by atoms with Gasteiger partial charge in [0, 0.05) is 11.1 Å². The smallest absolute Gasteiger partial charge is 0.203 e. The minimum absolute atomic E-state index is 0.283. The standard InChI is InChI=1S/C20H21BrO6/c1-11(12-7-14(21)19(26-5)15(8-12)23-2)18(22)13-9-16(24-3)20(27-6)17(10-13)25-4/h7-10H,1H2,2-6H3. The molecule has 0 unspecified atom stereocenters. The van der Waals surface area contributed by atoms with Crippen molar-refractivity contribution in [2.45, 2.75) is 0 Å². The molecule has 0 heterocycles. The van der Waals surface area contributed by atoms with E-state index in [2.05, 4.69) is 22.5 Å². The first-order valence-corrected chi connectivity index (χ1v) is 8.66. The van der Waals surface area contributed by atoms with E-state index in [9.17, 15) is 4.79 Å². The first-order chi connectivity index (χ1) is 12.9. The molecule has 7 heteroatoms. The summed E-state index contributed by atoms with van der Waals surface area (Å²) in [6.45, 7) is 3.95. The van der Waals surface area contributed by atoms with E-state index >= 15 is 0 Å². The van der Waals surface area contributed by atoms with Gasteiger partial charge in [-0.3, -0.25) is 4.79 Å². The summed E-state index contributed by atoms with van der Waals surface area (Å²) in [5.41, 5.74) is 1.24. The van der Waals surface area contributed by atoms with Crippen LogP contribution in [0.2, 0.25) is 0 Å². The van der Waals surface area contributed by atoms with Crippen LogP contribution in [0.4, 0.5) is 0 Å². The highest BCUT2D eigenvalue weighted by atomic mass is 79.9. The first-order valence-electron chi connectivity index (χ1n) is 7.87. The van der Waals surface area contributed by atoms with Gasteiger partial charge in [0.2, 0.25) is 5.75 Å². The topological polar surface area (TPSA) is 63.2 Å². The summed E-state index contributed by atoms with van der Waals surface area (Å²) in [5, 5.41) is 0. The van der Waals surface area contributed by atoms with Gasteiger partial charge in [-0.2, -0.15) is 0 Å². The highest BCUT2D eigenvalue weighted by molar-refractivity contribution is 9.10. The summed E-state index contributed by atoms with van der Waals surface area (Å²) in [5.74, 6) is 1.93. The van der Waals surface area contributed by atoms with Crippen LogP contribution in [0.5, 0.6) is 28.7 Å². The highest BCUT2D eigenvalue weighted by Gasteiger charge is 2.21. The van der Waals surface area contributed by atoms with Gasteiger partial charge in [0.1, 0.15) is 0 Å². The van der Waals surface area contributed by atoms with Crippen molar-refractivity contribution in [1.82, 2.24) is 0 Å². The summed E-state index contributed by atoms with van der Waals surface area (Å²) in [6.07, 6.45) is 0. The van der Waals surface area contributed by atoms with Gasteiger partial charge in [-0.25, -0.2) is 0 Å². The van der Waals surface area contributed by atoms with E-state index in [0.29, 0.717) is 44.3 Å². The van der Waals surface area contributed by atoms with Crippen LogP contribution in [-0.2, 0) is 0 Å². The molecule has 0 saturated heterocycles. The Morgan fingerprint density at radius 2 is 1.19 bits per heavy atom. The van der Waals surface area contributed by atoms with E-state index in [4.69, 9.17) is 23.7 Å². The van der Waals surface area contributed by atoms with Crippen molar-refractivity contribution in [2.24, 2.45) is 0 Å². The summed E-state index contributed by atoms with van der Waals surface area (Å²) >= 11 is 3.42. The number of methoxy groups -OCH3 is 5. The van der Waals surface area contributed by atoms with Gasteiger partial charge >= 0.3 is 0 Å². The van der Waals surface area contributed by atoms with E-state index in [1.54, 1.807) is 24.3 Å². The number of carbonyl (C=O) groups excluding carboxylic acids is 1. The SMILES string of the molecule is C=C(C(=O)c1cc(OC)c(OC)c(OC)c1)c1cc(Br)c(OC)c(OC)c1. The second-order valence-corrected chi connectivity index (χ2v) is 6.27. The lowest BCUT2D eigenvalue weighted by Crippen LogP contribution is -2.05. The molecule has 0 aliphatic heterocycles. The quantitative estimate of drug-likeness (QED) is 0.451. The maximum Gasteiger partial charge on any atom is 0.203 e. The summed E-state index contributed by atoms with van der Waals surface area (Å²) in [4.78, 5) is 13.0. The second-order valence-electron chi connectivity index (χ2n) is 5.42. The van der Waals surface area contributed by atoms with Crippen LogP contribution in [0.1, 0.15) is 15.9 Å². The molecule has 0 atom stereocenters. The van der Waals surface area contributed by atoms with Crippen LogP contribution in [0.25, 0.3) is 5.57 Å². The molecule has 2 aromatic rings. The molecule has 6 nitrogen and oxygen atoms in total. The maximum atomic E-state index is 13.0. The molecule has 0 aromatic heterocycles. The molecule has 0 fully saturated rings. The third kappa shape index (κ3) is 4.03. The molecular formula is C20H21BrO6. The Bertz CT molecular complexity index is 850. The Hall–Kier alpha value is -2.67. The number of rotatable bonds is 8. The van der Waals surface area contributed by atoms with Crippen molar-refractivity contribution < 1.29 is 28.5 Å². The summed E-state index contributed by atoms with van der Waals surface area (Å²) in [7, 11) is 7.55. The number of allylic oxidation sites excluding steroid dienone is 1. The Labute approximate surface area is 166 Å². The van der Waals surface area contributed by atoms with Crippen molar-refractivity contribution in [2.75, 3.05) is 35.5 Å². The Kier molecular flexibility index (Phi) is 6.74. The number of carbonyl (C=O) groups is 1. The van der Waals surface area contributed by atoms with Gasteiger partial charge < -0.3 is 23.7 Å². The predicted octanol–water partition coefficient (Wildman–Crippen LogP) is 4.39. The van der Waals surface area contributed by atoms with E-state index in [0.717, 1.165) is 0 Å². The van der Waals surface area contributed by atoms with Gasteiger partial charge in [0.05, 0.1) is 40.0 Å². The number of ether oxygens (including phenoxy) is 5. The third-order valence-corrected chi connectivity index (χ3v) is 4.57. The summed E-state index contributed by atoms with van der Waals surface area (Å²) < 4.78 is 27.2. The largest absolute Gasteiger partial charge is 0.493 e. The fraction of sp³-hybridized carbons (Fsp3) is 0.250. The maximum absolute atomic E-state index is 13.0. The van der Waals surface area contributed by atoms with E-state index < -0.39 is 0 Å². The lowest BCUT2D eigenvalue weighted by atomic mass is 9.97. The number of ketones is 1. The van der Waals surface area contributed by atoms with Gasteiger partial charge in [0.25, 0.3) is 0 Å². The predicted molar refractivity (Wildman–Crippen MR) is 107 cm³/mol. The van der Waals surface area contributed by atoms with Crippen molar-refractivity contribution >= 4 is 27.3 Å². The van der Waals surface area contributed by atoms with Gasteiger partial charge in [-0.15, -0.1) is 0 Å². The Morgan fingerprint density at radius 1 is 0.741 bits per heavy atom. The van der Waals surface area contributed by atoms with Gasteiger partial charge in [-0.05, 0) is 45.8 Å². The van der Waals surface area contributed by atoms with Crippen LogP contribution in [0.3, 0.4) is 0 Å². The highest BCUT2D eigenvalue weighted by Crippen LogP contribution is 2.41. The number of benzene rings is 2. The van der Waals surface area contributed by atoms with Crippen LogP contribution in [0.15, 0.2) is 35.3 Å². The zero-order valence-corrected chi connectivity index (χ0v) is 17.4. The lowest BCUT2D eigenvalue weighted by Gasteiger charge is -2.15. The van der Waals surface area contributed by atoms with E-state index in [1.165, 1.54) is 35.5 Å². The molecule has 0 saturated carbocycles. The molecule has 0 bridgehead atoms. The number of halogens is 1. The first kappa shape index (κ1) is 20.6. The van der Waals surface area contributed by atoms with Crippen molar-refractivity contribution in [3.8, 4) is 28.7 Å². The molecule has 0 aliphatic carbocycles. The number of hydrogen-bond acceptors (Lipinski definition) is 6. The fourth-order valence-corrected chi connectivity index (χ4v) is 3.21. The average Bonchev–Trinajstić information content (AvgIpc) is 2.70. The minimum Gasteiger partial charge on any atom is -0.493 e. The lowest BCUT2D eigenvalue weighted by molar-refractivity contribution is 0.105. The molecule has 2 rings (SSSR count). The van der Waals surface area contributed by atoms with E-state index in [-0.39, 0.29) is 11.4 Å². The number of Topliss-reactive ketones (excluding diaryl/α,β-unsaturated/α-hetero) is 1. The third-order valence-electron chi connectivity index (χ3n) is 3.98. The second kappa shape index (κ2) is 8.81. The molecule has 0 radical (unpaired) electrons. The molecule has 0 spiro atoms. The molecule has 27 heavy (non-hydrogen) atoms. The molecule has 144 valence electrons. The summed E-state index contributed by atoms with van der Waals surface area (Å²) in [6, 6.07) is 6.62. The minimum atomic E-state index is -0.284. The van der Waals surface area contributed by atoms with Gasteiger partial charge in [0.15, 0.2) is 28.8 Å². The van der Waals surface area contributed by atoms with Crippen molar-refractivity contribution in [1.29, 1.82) is 0 Å². The molecular weight excluding hydrogens is 416 g/mol. The van der Waals surface area contributed by atoms with Crippen molar-refractivity contribution in [3.05, 3.63) is 46.4 Å². The number of hydrogen-bond donors (Lipinski definition) is 0. The van der Waals surface area contributed by atoms with Crippen LogP contribution < -0.4 is 23.7 Å². The zero-order chi connectivity index (χ0) is 20.1. The monoisotopic (exact) mass is 436 g/mol. The normalized spacial score (nSPS) is 10.1. The fourth-order valence-electron chi connectivity index (χ4n) is 2.61. The molecule has 0 amide bonds. The molecule has 2 aromatic carbocycles. The molecule has 0 aliphatic rings. The van der Waals surface area contributed by atoms with Crippen LogP contribution >= 0.6 is 15.9 Å². The van der Waals surface area contributed by atoms with Crippen LogP contribution in [-0.4, -0.2) is 41.3 Å². The molecule has 0 N–H and O–H groups in total. The Morgan fingerprint density at radius 3 is 1.63 bits per heavy atom. The zero-order valence-electron chi connectivity index (χ0n) is 15.8.